The fourth-order valence-corrected chi connectivity index (χ4v) is 3.24. The molecule has 0 amide bonds. The lowest BCUT2D eigenvalue weighted by atomic mass is 9.93. The lowest BCUT2D eigenvalue weighted by Crippen LogP contribution is -2.49. The van der Waals surface area contributed by atoms with E-state index in [1.165, 1.54) is 29.0 Å². The van der Waals surface area contributed by atoms with Crippen LogP contribution in [0.1, 0.15) is 42.9 Å². The van der Waals surface area contributed by atoms with E-state index in [0.29, 0.717) is 12.1 Å². The van der Waals surface area contributed by atoms with Crippen LogP contribution in [0, 0.1) is 6.92 Å². The predicted octanol–water partition coefficient (Wildman–Crippen LogP) is 3.10. The summed E-state index contributed by atoms with van der Waals surface area (Å²) in [5.41, 5.74) is 0. The Kier molecular flexibility index (Phi) is 5.25. The van der Waals surface area contributed by atoms with Crippen LogP contribution in [0.4, 0.5) is 0 Å². The summed E-state index contributed by atoms with van der Waals surface area (Å²) in [4.78, 5) is 7.36. The zero-order valence-electron chi connectivity index (χ0n) is 12.2. The van der Waals surface area contributed by atoms with Crippen molar-refractivity contribution in [3.63, 3.8) is 0 Å². The maximum atomic E-state index is 4.53. The van der Waals surface area contributed by atoms with Gasteiger partial charge in [-0.3, -0.25) is 4.99 Å². The molecule has 1 aliphatic rings. The van der Waals surface area contributed by atoms with E-state index in [0.717, 1.165) is 18.9 Å². The third kappa shape index (κ3) is 4.53. The van der Waals surface area contributed by atoms with E-state index in [-0.39, 0.29) is 0 Å². The molecule has 1 fully saturated rings. The minimum absolute atomic E-state index is 0.413. The maximum Gasteiger partial charge on any atom is 0.191 e. The number of aryl methyl sites for hydroxylation is 1. The molecule has 0 spiro atoms. The van der Waals surface area contributed by atoms with Gasteiger partial charge in [-0.2, -0.15) is 0 Å². The van der Waals surface area contributed by atoms with E-state index < -0.39 is 0 Å². The molecular formula is C15H25N3S. The SMILES string of the molecule is CCN=C(NC(C)Cc1ccc(C)s1)NC1CCC1. The summed E-state index contributed by atoms with van der Waals surface area (Å²) < 4.78 is 0. The zero-order valence-corrected chi connectivity index (χ0v) is 13.0. The third-order valence-corrected chi connectivity index (χ3v) is 4.47. The number of aliphatic imine (C=N–C) groups is 1. The van der Waals surface area contributed by atoms with Crippen LogP contribution in [-0.4, -0.2) is 24.6 Å². The van der Waals surface area contributed by atoms with Crippen molar-refractivity contribution >= 4 is 17.3 Å². The number of hydrogen-bond acceptors (Lipinski definition) is 2. The van der Waals surface area contributed by atoms with Gasteiger partial charge in [0.05, 0.1) is 0 Å². The molecular weight excluding hydrogens is 254 g/mol. The second-order valence-electron chi connectivity index (χ2n) is 5.36. The smallest absolute Gasteiger partial charge is 0.191 e. The maximum absolute atomic E-state index is 4.53. The van der Waals surface area contributed by atoms with Crippen LogP contribution < -0.4 is 10.6 Å². The monoisotopic (exact) mass is 279 g/mol. The number of rotatable bonds is 5. The number of thiophene rings is 1. The Hall–Kier alpha value is -1.03. The average Bonchev–Trinajstić information content (AvgIpc) is 2.69. The molecule has 1 aliphatic carbocycles. The summed E-state index contributed by atoms with van der Waals surface area (Å²) >= 11 is 1.89. The van der Waals surface area contributed by atoms with Crippen molar-refractivity contribution in [2.24, 2.45) is 4.99 Å². The van der Waals surface area contributed by atoms with Crippen LogP contribution in [-0.2, 0) is 6.42 Å². The fraction of sp³-hybridized carbons (Fsp3) is 0.667. The van der Waals surface area contributed by atoms with Crippen molar-refractivity contribution in [3.8, 4) is 0 Å². The van der Waals surface area contributed by atoms with Gasteiger partial charge in [0, 0.05) is 34.8 Å². The highest BCUT2D eigenvalue weighted by Crippen LogP contribution is 2.18. The molecule has 0 aromatic carbocycles. The predicted molar refractivity (Wildman–Crippen MR) is 84.1 cm³/mol. The minimum Gasteiger partial charge on any atom is -0.354 e. The van der Waals surface area contributed by atoms with Gasteiger partial charge in [0.1, 0.15) is 0 Å². The van der Waals surface area contributed by atoms with Crippen LogP contribution in [0.5, 0.6) is 0 Å². The van der Waals surface area contributed by atoms with E-state index in [1.807, 2.05) is 11.3 Å². The first-order valence-corrected chi connectivity index (χ1v) is 8.12. The summed E-state index contributed by atoms with van der Waals surface area (Å²) in [6.45, 7) is 7.29. The molecule has 1 aromatic heterocycles. The molecule has 0 aliphatic heterocycles. The van der Waals surface area contributed by atoms with Crippen LogP contribution in [0.2, 0.25) is 0 Å². The summed E-state index contributed by atoms with van der Waals surface area (Å²) in [5.74, 6) is 0.980. The van der Waals surface area contributed by atoms with Gasteiger partial charge in [-0.15, -0.1) is 11.3 Å². The summed E-state index contributed by atoms with van der Waals surface area (Å²) in [7, 11) is 0. The Bertz CT molecular complexity index is 421. The molecule has 19 heavy (non-hydrogen) atoms. The lowest BCUT2D eigenvalue weighted by Gasteiger charge is -2.29. The number of nitrogens with one attached hydrogen (secondary N) is 2. The van der Waals surface area contributed by atoms with Crippen molar-refractivity contribution in [1.82, 2.24) is 10.6 Å². The molecule has 1 heterocycles. The van der Waals surface area contributed by atoms with Crippen LogP contribution in [0.25, 0.3) is 0 Å². The van der Waals surface area contributed by atoms with Gasteiger partial charge in [-0.25, -0.2) is 0 Å². The van der Waals surface area contributed by atoms with Gasteiger partial charge >= 0.3 is 0 Å². The van der Waals surface area contributed by atoms with Crippen LogP contribution in [0.15, 0.2) is 17.1 Å². The van der Waals surface area contributed by atoms with Crippen LogP contribution in [0.3, 0.4) is 0 Å². The molecule has 106 valence electrons. The molecule has 2 rings (SSSR count). The molecule has 0 radical (unpaired) electrons. The highest BCUT2D eigenvalue weighted by molar-refractivity contribution is 7.11. The standard InChI is InChI=1S/C15H25N3S/c1-4-16-15(18-13-6-5-7-13)17-11(2)10-14-9-8-12(3)19-14/h8-9,11,13H,4-7,10H2,1-3H3,(H2,16,17,18). The van der Waals surface area contributed by atoms with Crippen molar-refractivity contribution in [3.05, 3.63) is 21.9 Å². The Balaban J connectivity index is 1.83. The Morgan fingerprint density at radius 2 is 2.26 bits per heavy atom. The molecule has 2 N–H and O–H groups in total. The summed E-state index contributed by atoms with van der Waals surface area (Å²) in [6, 6.07) is 5.47. The normalized spacial score (nSPS) is 17.9. The van der Waals surface area contributed by atoms with E-state index in [4.69, 9.17) is 0 Å². The summed E-state index contributed by atoms with van der Waals surface area (Å²) in [6.07, 6.45) is 4.97. The second kappa shape index (κ2) is 6.94. The van der Waals surface area contributed by atoms with Crippen molar-refractivity contribution < 1.29 is 0 Å². The zero-order chi connectivity index (χ0) is 13.7. The first-order valence-electron chi connectivity index (χ1n) is 7.30. The van der Waals surface area contributed by atoms with Gasteiger partial charge in [0.2, 0.25) is 0 Å². The highest BCUT2D eigenvalue weighted by atomic mass is 32.1. The summed E-state index contributed by atoms with van der Waals surface area (Å²) in [5, 5.41) is 7.04. The Morgan fingerprint density at radius 1 is 1.47 bits per heavy atom. The van der Waals surface area contributed by atoms with E-state index >= 15 is 0 Å². The molecule has 1 unspecified atom stereocenters. The van der Waals surface area contributed by atoms with Gasteiger partial charge < -0.3 is 10.6 Å². The van der Waals surface area contributed by atoms with E-state index in [1.54, 1.807) is 0 Å². The lowest BCUT2D eigenvalue weighted by molar-refractivity contribution is 0.378. The second-order valence-corrected chi connectivity index (χ2v) is 6.73. The molecule has 0 bridgehead atoms. The fourth-order valence-electron chi connectivity index (χ4n) is 2.22. The van der Waals surface area contributed by atoms with E-state index in [9.17, 15) is 0 Å². The van der Waals surface area contributed by atoms with Crippen molar-refractivity contribution in [1.29, 1.82) is 0 Å². The molecule has 4 heteroatoms. The van der Waals surface area contributed by atoms with Gasteiger partial charge in [-0.1, -0.05) is 0 Å². The third-order valence-electron chi connectivity index (χ3n) is 3.45. The number of nitrogens with zero attached hydrogens (tertiary/aromatic N) is 1. The largest absolute Gasteiger partial charge is 0.354 e. The number of guanidine groups is 1. The molecule has 0 saturated heterocycles. The Morgan fingerprint density at radius 3 is 2.79 bits per heavy atom. The van der Waals surface area contributed by atoms with Gasteiger partial charge in [0.25, 0.3) is 0 Å². The first kappa shape index (κ1) is 14.4. The molecule has 1 aromatic rings. The van der Waals surface area contributed by atoms with Crippen molar-refractivity contribution in [2.45, 2.75) is 58.5 Å². The number of hydrogen-bond donors (Lipinski definition) is 2. The molecule has 1 saturated carbocycles. The van der Waals surface area contributed by atoms with Gasteiger partial charge in [-0.05, 0) is 52.2 Å². The molecule has 1 atom stereocenters. The molecule has 3 nitrogen and oxygen atoms in total. The quantitative estimate of drug-likeness (QED) is 0.642. The highest BCUT2D eigenvalue weighted by Gasteiger charge is 2.19. The minimum atomic E-state index is 0.413. The van der Waals surface area contributed by atoms with Crippen molar-refractivity contribution in [2.75, 3.05) is 6.54 Å². The van der Waals surface area contributed by atoms with Gasteiger partial charge in [0.15, 0.2) is 5.96 Å². The average molecular weight is 279 g/mol. The first-order chi connectivity index (χ1) is 9.17. The topological polar surface area (TPSA) is 36.4 Å². The Labute approximate surface area is 120 Å². The van der Waals surface area contributed by atoms with E-state index in [2.05, 4.69) is 48.5 Å². The van der Waals surface area contributed by atoms with Crippen LogP contribution >= 0.6 is 11.3 Å².